The summed E-state index contributed by atoms with van der Waals surface area (Å²) in [5, 5.41) is 3.91. The van der Waals surface area contributed by atoms with Crippen LogP contribution in [0.1, 0.15) is 24.0 Å². The predicted molar refractivity (Wildman–Crippen MR) is 109 cm³/mol. The first-order chi connectivity index (χ1) is 13.0. The highest BCUT2D eigenvalue weighted by atomic mass is 32.1. The van der Waals surface area contributed by atoms with Gasteiger partial charge in [0, 0.05) is 24.7 Å². The Kier molecular flexibility index (Phi) is 4.83. The number of fused-ring (bicyclic) bond motifs is 1. The van der Waals surface area contributed by atoms with Crippen molar-refractivity contribution in [2.75, 3.05) is 23.3 Å². The lowest BCUT2D eigenvalue weighted by molar-refractivity contribution is -0.120. The van der Waals surface area contributed by atoms with Crippen LogP contribution in [-0.4, -0.2) is 24.0 Å². The van der Waals surface area contributed by atoms with Crippen LogP contribution in [0.2, 0.25) is 0 Å². The molecule has 1 aliphatic heterocycles. The van der Waals surface area contributed by atoms with E-state index in [2.05, 4.69) is 21.3 Å². The van der Waals surface area contributed by atoms with E-state index >= 15 is 0 Å². The highest BCUT2D eigenvalue weighted by molar-refractivity contribution is 7.22. The minimum absolute atomic E-state index is 0.00642. The van der Waals surface area contributed by atoms with Gasteiger partial charge in [-0.2, -0.15) is 0 Å². The highest BCUT2D eigenvalue weighted by Gasteiger charge is 2.27. The Morgan fingerprint density at radius 1 is 1.22 bits per heavy atom. The van der Waals surface area contributed by atoms with Gasteiger partial charge in [-0.05, 0) is 50.5 Å². The molecule has 4 rings (SSSR count). The Hall–Kier alpha value is -2.47. The minimum atomic E-state index is -0.280. The van der Waals surface area contributed by atoms with E-state index in [9.17, 15) is 9.18 Å². The lowest BCUT2D eigenvalue weighted by Gasteiger charge is -2.31. The van der Waals surface area contributed by atoms with Crippen LogP contribution in [0, 0.1) is 25.6 Å². The number of carbonyl (C=O) groups is 1. The predicted octanol–water partition coefficient (Wildman–Crippen LogP) is 4.91. The molecule has 1 aliphatic rings. The number of halogens is 1. The summed E-state index contributed by atoms with van der Waals surface area (Å²) in [6, 6.07) is 11.1. The topological polar surface area (TPSA) is 45.2 Å². The summed E-state index contributed by atoms with van der Waals surface area (Å²) in [4.78, 5) is 19.3. The molecule has 0 aliphatic carbocycles. The average Bonchev–Trinajstić information content (AvgIpc) is 3.10. The molecule has 1 fully saturated rings. The normalized spacial score (nSPS) is 15.3. The minimum Gasteiger partial charge on any atom is -0.348 e. The molecule has 3 aromatic rings. The zero-order valence-corrected chi connectivity index (χ0v) is 16.3. The van der Waals surface area contributed by atoms with Crippen molar-refractivity contribution in [2.24, 2.45) is 5.92 Å². The number of rotatable bonds is 3. The van der Waals surface area contributed by atoms with Gasteiger partial charge in [-0.3, -0.25) is 4.79 Å². The molecule has 0 atom stereocenters. The van der Waals surface area contributed by atoms with Crippen molar-refractivity contribution >= 4 is 38.3 Å². The van der Waals surface area contributed by atoms with Crippen LogP contribution in [0.25, 0.3) is 10.2 Å². The van der Waals surface area contributed by atoms with E-state index in [0.717, 1.165) is 47.0 Å². The van der Waals surface area contributed by atoms with Gasteiger partial charge in [-0.1, -0.05) is 35.1 Å². The number of thiazole rings is 1. The van der Waals surface area contributed by atoms with E-state index in [-0.39, 0.29) is 17.6 Å². The fourth-order valence-corrected chi connectivity index (χ4v) is 4.59. The molecule has 4 nitrogen and oxygen atoms in total. The van der Waals surface area contributed by atoms with Crippen molar-refractivity contribution in [3.63, 3.8) is 0 Å². The van der Waals surface area contributed by atoms with E-state index < -0.39 is 0 Å². The van der Waals surface area contributed by atoms with Gasteiger partial charge in [0.15, 0.2) is 5.13 Å². The highest BCUT2D eigenvalue weighted by Crippen LogP contribution is 2.32. The number of nitrogens with zero attached hydrogens (tertiary/aromatic N) is 2. The van der Waals surface area contributed by atoms with Crippen molar-refractivity contribution < 1.29 is 9.18 Å². The Bertz CT molecular complexity index is 992. The van der Waals surface area contributed by atoms with Gasteiger partial charge < -0.3 is 10.2 Å². The summed E-state index contributed by atoms with van der Waals surface area (Å²) in [7, 11) is 0. The van der Waals surface area contributed by atoms with Crippen LogP contribution in [0.15, 0.2) is 36.4 Å². The molecule has 0 unspecified atom stereocenters. The summed E-state index contributed by atoms with van der Waals surface area (Å²) in [5.41, 5.74) is 3.59. The number of piperidine rings is 1. The fourth-order valence-electron chi connectivity index (χ4n) is 3.56. The van der Waals surface area contributed by atoms with E-state index in [1.165, 1.54) is 23.0 Å². The second kappa shape index (κ2) is 7.27. The lowest BCUT2D eigenvalue weighted by atomic mass is 9.96. The molecule has 1 N–H and O–H groups in total. The second-order valence-electron chi connectivity index (χ2n) is 7.15. The number of hydrogen-bond acceptors (Lipinski definition) is 4. The molecule has 0 spiro atoms. The van der Waals surface area contributed by atoms with Crippen LogP contribution in [0.4, 0.5) is 15.2 Å². The third-order valence-corrected chi connectivity index (χ3v) is 6.22. The lowest BCUT2D eigenvalue weighted by Crippen LogP contribution is -2.38. The molecule has 0 bridgehead atoms. The zero-order chi connectivity index (χ0) is 19.0. The van der Waals surface area contributed by atoms with E-state index in [4.69, 9.17) is 0 Å². The first-order valence-corrected chi connectivity index (χ1v) is 10.0. The number of aryl methyl sites for hydroxylation is 2. The molecule has 2 aromatic carbocycles. The smallest absolute Gasteiger partial charge is 0.227 e. The SMILES string of the molecule is Cc1ccc(NC(=O)C2CCN(c3nc4c(F)cccc4s3)CC2)c(C)c1. The largest absolute Gasteiger partial charge is 0.348 e. The maximum absolute atomic E-state index is 13.9. The number of nitrogens with one attached hydrogen (secondary N) is 1. The number of hydrogen-bond donors (Lipinski definition) is 1. The van der Waals surface area contributed by atoms with Crippen LogP contribution < -0.4 is 10.2 Å². The molecule has 1 amide bonds. The van der Waals surface area contributed by atoms with Gasteiger partial charge >= 0.3 is 0 Å². The van der Waals surface area contributed by atoms with Gasteiger partial charge in [0.05, 0.1) is 4.70 Å². The summed E-state index contributed by atoms with van der Waals surface area (Å²) in [6.45, 7) is 5.57. The number of aromatic nitrogens is 1. The standard InChI is InChI=1S/C21H22FN3OS/c1-13-6-7-17(14(2)12-13)23-20(26)15-8-10-25(11-9-15)21-24-19-16(22)4-3-5-18(19)27-21/h3-7,12,15H,8-11H2,1-2H3,(H,23,26). The molecule has 1 saturated heterocycles. The van der Waals surface area contributed by atoms with Crippen LogP contribution in [-0.2, 0) is 4.79 Å². The van der Waals surface area contributed by atoms with Crippen molar-refractivity contribution in [1.29, 1.82) is 0 Å². The molecule has 2 heterocycles. The molecule has 0 saturated carbocycles. The number of benzene rings is 2. The molecule has 140 valence electrons. The molecule has 6 heteroatoms. The molecule has 0 radical (unpaired) electrons. The van der Waals surface area contributed by atoms with Crippen LogP contribution in [0.3, 0.4) is 0 Å². The number of carbonyl (C=O) groups excluding carboxylic acids is 1. The second-order valence-corrected chi connectivity index (χ2v) is 8.16. The van der Waals surface area contributed by atoms with E-state index in [1.54, 1.807) is 6.07 Å². The van der Waals surface area contributed by atoms with Crippen molar-refractivity contribution in [1.82, 2.24) is 4.98 Å². The number of amides is 1. The van der Waals surface area contributed by atoms with Crippen molar-refractivity contribution in [2.45, 2.75) is 26.7 Å². The van der Waals surface area contributed by atoms with Crippen molar-refractivity contribution in [3.8, 4) is 0 Å². The van der Waals surface area contributed by atoms with Gasteiger partial charge in [0.25, 0.3) is 0 Å². The summed E-state index contributed by atoms with van der Waals surface area (Å²) in [6.07, 6.45) is 1.55. The monoisotopic (exact) mass is 383 g/mol. The third kappa shape index (κ3) is 3.67. The summed E-state index contributed by atoms with van der Waals surface area (Å²) in [5.74, 6) is -0.206. The van der Waals surface area contributed by atoms with Gasteiger partial charge in [0.2, 0.25) is 5.91 Å². The molecule has 27 heavy (non-hydrogen) atoms. The molecular formula is C21H22FN3OS. The van der Waals surface area contributed by atoms with Crippen molar-refractivity contribution in [3.05, 3.63) is 53.3 Å². The number of para-hydroxylation sites is 1. The zero-order valence-electron chi connectivity index (χ0n) is 15.5. The summed E-state index contributed by atoms with van der Waals surface area (Å²) >= 11 is 1.51. The quantitative estimate of drug-likeness (QED) is 0.699. The summed E-state index contributed by atoms with van der Waals surface area (Å²) < 4.78 is 14.7. The molecule has 1 aromatic heterocycles. The maximum Gasteiger partial charge on any atom is 0.227 e. The Morgan fingerprint density at radius 2 is 2.00 bits per heavy atom. The molecular weight excluding hydrogens is 361 g/mol. The van der Waals surface area contributed by atoms with E-state index in [1.807, 2.05) is 32.0 Å². The third-order valence-electron chi connectivity index (χ3n) is 5.13. The maximum atomic E-state index is 13.9. The average molecular weight is 383 g/mol. The van der Waals surface area contributed by atoms with Gasteiger partial charge in [0.1, 0.15) is 11.3 Å². The Morgan fingerprint density at radius 3 is 2.70 bits per heavy atom. The fraction of sp³-hybridized carbons (Fsp3) is 0.333. The first-order valence-electron chi connectivity index (χ1n) is 9.19. The van der Waals surface area contributed by atoms with E-state index in [0.29, 0.717) is 5.52 Å². The first kappa shape index (κ1) is 17.9. The van der Waals surface area contributed by atoms with Gasteiger partial charge in [-0.25, -0.2) is 9.37 Å². The number of anilines is 2. The van der Waals surface area contributed by atoms with Gasteiger partial charge in [-0.15, -0.1) is 0 Å². The van der Waals surface area contributed by atoms with Crippen LogP contribution >= 0.6 is 11.3 Å². The Labute approximate surface area is 162 Å². The van der Waals surface area contributed by atoms with Crippen LogP contribution in [0.5, 0.6) is 0 Å². The Balaban J connectivity index is 1.40.